The van der Waals surface area contributed by atoms with Crippen molar-refractivity contribution in [1.29, 1.82) is 0 Å². The zero-order valence-electron chi connectivity index (χ0n) is 14.6. The molecule has 3 aliphatic rings. The number of alkyl carbamates (subject to hydrolysis) is 1. The highest BCUT2D eigenvalue weighted by Crippen LogP contribution is 2.41. The molecule has 3 fully saturated rings. The van der Waals surface area contributed by atoms with E-state index in [1.165, 1.54) is 12.8 Å². The molecule has 1 saturated heterocycles. The first-order chi connectivity index (χ1) is 10.9. The van der Waals surface area contributed by atoms with E-state index in [0.717, 1.165) is 13.0 Å². The standard InChI is InChI=1S/C17H30N2O4/c1-17(2,3)23-16(20)19-13-11-7-8-22-15(11)14(13)18-12(9-21-4)10-5-6-10/h10-15,18H,5-9H2,1-4H3,(H,19,20). The SMILES string of the molecule is COCC(NC1C(NC(=O)OC(C)(C)C)C2CCOC21)C1CC1. The van der Waals surface area contributed by atoms with Crippen molar-refractivity contribution in [3.8, 4) is 0 Å². The highest BCUT2D eigenvalue weighted by atomic mass is 16.6. The second-order valence-electron chi connectivity index (χ2n) is 8.05. The zero-order chi connectivity index (χ0) is 16.6. The first kappa shape index (κ1) is 17.0. The number of methoxy groups -OCH3 is 1. The van der Waals surface area contributed by atoms with Gasteiger partial charge in [-0.1, -0.05) is 0 Å². The third-order valence-electron chi connectivity index (χ3n) is 5.01. The van der Waals surface area contributed by atoms with E-state index in [1.54, 1.807) is 7.11 Å². The Hall–Kier alpha value is -0.850. The van der Waals surface area contributed by atoms with E-state index >= 15 is 0 Å². The Morgan fingerprint density at radius 2 is 2.00 bits per heavy atom. The number of hydrogen-bond acceptors (Lipinski definition) is 5. The number of ether oxygens (including phenoxy) is 3. The molecule has 0 aromatic heterocycles. The molecule has 0 radical (unpaired) electrons. The minimum atomic E-state index is -0.477. The molecule has 5 unspecified atom stereocenters. The van der Waals surface area contributed by atoms with E-state index in [4.69, 9.17) is 14.2 Å². The number of carbonyl (C=O) groups excluding carboxylic acids is 1. The zero-order valence-corrected chi connectivity index (χ0v) is 14.6. The Morgan fingerprint density at radius 3 is 2.61 bits per heavy atom. The molecule has 23 heavy (non-hydrogen) atoms. The summed E-state index contributed by atoms with van der Waals surface area (Å²) < 4.78 is 16.6. The van der Waals surface area contributed by atoms with Gasteiger partial charge in [-0.3, -0.25) is 0 Å². The fraction of sp³-hybridized carbons (Fsp3) is 0.941. The predicted molar refractivity (Wildman–Crippen MR) is 86.3 cm³/mol. The highest BCUT2D eigenvalue weighted by Gasteiger charge is 2.55. The summed E-state index contributed by atoms with van der Waals surface area (Å²) in [5.41, 5.74) is -0.477. The van der Waals surface area contributed by atoms with Crippen molar-refractivity contribution < 1.29 is 19.0 Å². The van der Waals surface area contributed by atoms with Crippen LogP contribution < -0.4 is 10.6 Å². The molecule has 1 aliphatic heterocycles. The van der Waals surface area contributed by atoms with E-state index in [1.807, 2.05) is 20.8 Å². The van der Waals surface area contributed by atoms with Crippen LogP contribution in [0.2, 0.25) is 0 Å². The molecule has 2 N–H and O–H groups in total. The van der Waals surface area contributed by atoms with Gasteiger partial charge in [0.25, 0.3) is 0 Å². The molecule has 0 spiro atoms. The van der Waals surface area contributed by atoms with Gasteiger partial charge in [0, 0.05) is 25.7 Å². The Balaban J connectivity index is 1.59. The molecule has 6 heteroatoms. The van der Waals surface area contributed by atoms with Crippen LogP contribution >= 0.6 is 0 Å². The van der Waals surface area contributed by atoms with Crippen LogP contribution in [-0.4, -0.2) is 56.2 Å². The lowest BCUT2D eigenvalue weighted by atomic mass is 9.71. The van der Waals surface area contributed by atoms with E-state index in [0.29, 0.717) is 24.5 Å². The lowest BCUT2D eigenvalue weighted by Crippen LogP contribution is -2.72. The molecule has 1 amide bonds. The molecule has 1 heterocycles. The largest absolute Gasteiger partial charge is 0.444 e. The molecule has 3 rings (SSSR count). The maximum atomic E-state index is 12.1. The number of hydrogen-bond donors (Lipinski definition) is 2. The molecule has 132 valence electrons. The molecule has 2 saturated carbocycles. The normalized spacial score (nSPS) is 34.4. The highest BCUT2D eigenvalue weighted by molar-refractivity contribution is 5.68. The summed E-state index contributed by atoms with van der Waals surface area (Å²) in [5.74, 6) is 1.08. The molecule has 0 aromatic rings. The fourth-order valence-corrected chi connectivity index (χ4v) is 3.79. The minimum Gasteiger partial charge on any atom is -0.444 e. The summed E-state index contributed by atoms with van der Waals surface area (Å²) in [6, 6.07) is 0.573. The van der Waals surface area contributed by atoms with Crippen molar-refractivity contribution in [2.75, 3.05) is 20.3 Å². The summed E-state index contributed by atoms with van der Waals surface area (Å²) in [7, 11) is 1.74. The Bertz CT molecular complexity index is 433. The van der Waals surface area contributed by atoms with Gasteiger partial charge in [0.1, 0.15) is 5.60 Å². The van der Waals surface area contributed by atoms with Crippen LogP contribution in [0.3, 0.4) is 0 Å². The summed E-state index contributed by atoms with van der Waals surface area (Å²) in [5, 5.41) is 6.74. The second kappa shape index (κ2) is 6.57. The van der Waals surface area contributed by atoms with E-state index in [9.17, 15) is 4.79 Å². The molecule has 2 aliphatic carbocycles. The summed E-state index contributed by atoms with van der Waals surface area (Å²) in [4.78, 5) is 12.1. The van der Waals surface area contributed by atoms with Gasteiger partial charge in [-0.05, 0) is 46.0 Å². The smallest absolute Gasteiger partial charge is 0.407 e. The van der Waals surface area contributed by atoms with Crippen molar-refractivity contribution in [3.05, 3.63) is 0 Å². The van der Waals surface area contributed by atoms with Gasteiger partial charge in [-0.2, -0.15) is 0 Å². The van der Waals surface area contributed by atoms with Crippen molar-refractivity contribution in [2.45, 2.75) is 69.9 Å². The maximum Gasteiger partial charge on any atom is 0.407 e. The lowest BCUT2D eigenvalue weighted by Gasteiger charge is -2.49. The number of amides is 1. The average molecular weight is 326 g/mol. The second-order valence-corrected chi connectivity index (χ2v) is 8.05. The van der Waals surface area contributed by atoms with Gasteiger partial charge in [0.15, 0.2) is 0 Å². The van der Waals surface area contributed by atoms with E-state index in [2.05, 4.69) is 10.6 Å². The summed E-state index contributed by atoms with van der Waals surface area (Å²) in [6.07, 6.45) is 3.38. The van der Waals surface area contributed by atoms with Crippen LogP contribution in [0.1, 0.15) is 40.0 Å². The predicted octanol–water partition coefficient (Wildman–Crippen LogP) is 1.68. The number of fused-ring (bicyclic) bond motifs is 1. The van der Waals surface area contributed by atoms with Gasteiger partial charge in [-0.25, -0.2) is 4.79 Å². The third-order valence-corrected chi connectivity index (χ3v) is 5.01. The summed E-state index contributed by atoms with van der Waals surface area (Å²) in [6.45, 7) is 7.13. The van der Waals surface area contributed by atoms with Crippen molar-refractivity contribution >= 4 is 6.09 Å². The molecule has 0 aromatic carbocycles. The number of rotatable bonds is 6. The van der Waals surface area contributed by atoms with Crippen molar-refractivity contribution in [1.82, 2.24) is 10.6 Å². The monoisotopic (exact) mass is 326 g/mol. The van der Waals surface area contributed by atoms with Crippen LogP contribution in [0.4, 0.5) is 4.79 Å². The first-order valence-electron chi connectivity index (χ1n) is 8.75. The molecular formula is C17H30N2O4. The Kier molecular flexibility index (Phi) is 4.85. The van der Waals surface area contributed by atoms with Crippen LogP contribution in [0.15, 0.2) is 0 Å². The van der Waals surface area contributed by atoms with Crippen LogP contribution in [0.25, 0.3) is 0 Å². The average Bonchev–Trinajstić information content (AvgIpc) is 3.19. The van der Waals surface area contributed by atoms with Crippen LogP contribution in [0.5, 0.6) is 0 Å². The Morgan fingerprint density at radius 1 is 1.26 bits per heavy atom. The van der Waals surface area contributed by atoms with Crippen LogP contribution in [0, 0.1) is 11.8 Å². The Labute approximate surface area is 138 Å². The van der Waals surface area contributed by atoms with Crippen LogP contribution in [-0.2, 0) is 14.2 Å². The first-order valence-corrected chi connectivity index (χ1v) is 8.75. The number of carbonyl (C=O) groups is 1. The van der Waals surface area contributed by atoms with Gasteiger partial charge in [0.05, 0.1) is 24.8 Å². The van der Waals surface area contributed by atoms with Gasteiger partial charge in [0.2, 0.25) is 0 Å². The number of nitrogens with one attached hydrogen (secondary N) is 2. The fourth-order valence-electron chi connectivity index (χ4n) is 3.79. The van der Waals surface area contributed by atoms with E-state index in [-0.39, 0.29) is 24.3 Å². The van der Waals surface area contributed by atoms with Gasteiger partial charge < -0.3 is 24.8 Å². The van der Waals surface area contributed by atoms with Crippen molar-refractivity contribution in [2.24, 2.45) is 11.8 Å². The molecular weight excluding hydrogens is 296 g/mol. The maximum absolute atomic E-state index is 12.1. The molecule has 6 nitrogen and oxygen atoms in total. The molecule has 5 atom stereocenters. The van der Waals surface area contributed by atoms with Gasteiger partial charge >= 0.3 is 6.09 Å². The topological polar surface area (TPSA) is 68.8 Å². The third kappa shape index (κ3) is 3.98. The van der Waals surface area contributed by atoms with E-state index < -0.39 is 5.60 Å². The minimum absolute atomic E-state index is 0.0791. The quantitative estimate of drug-likeness (QED) is 0.777. The molecule has 0 bridgehead atoms. The lowest BCUT2D eigenvalue weighted by molar-refractivity contribution is -0.0418. The van der Waals surface area contributed by atoms with Gasteiger partial charge in [-0.15, -0.1) is 0 Å². The van der Waals surface area contributed by atoms with Crippen molar-refractivity contribution in [3.63, 3.8) is 0 Å². The summed E-state index contributed by atoms with van der Waals surface area (Å²) >= 11 is 0.